The SMILES string of the molecule is CC(C)C(C(=O)NCCc1ccc(OCC(=O)NC2CC2)cc1)N1CCCC1=O. The number of rotatable bonds is 10. The maximum absolute atomic E-state index is 12.6. The van der Waals surface area contributed by atoms with E-state index in [0.29, 0.717) is 37.7 Å². The number of ether oxygens (including phenoxy) is 1. The molecule has 0 aromatic heterocycles. The summed E-state index contributed by atoms with van der Waals surface area (Å²) in [5.74, 6) is 0.620. The third-order valence-corrected chi connectivity index (χ3v) is 5.29. The Balaban J connectivity index is 1.41. The molecular formula is C22H31N3O4. The van der Waals surface area contributed by atoms with Gasteiger partial charge in [0, 0.05) is 25.6 Å². The molecule has 1 aromatic carbocycles. The summed E-state index contributed by atoms with van der Waals surface area (Å²) < 4.78 is 5.50. The first-order valence-corrected chi connectivity index (χ1v) is 10.5. The number of nitrogens with one attached hydrogen (secondary N) is 2. The van der Waals surface area contributed by atoms with Gasteiger partial charge in [0.25, 0.3) is 5.91 Å². The smallest absolute Gasteiger partial charge is 0.258 e. The zero-order valence-electron chi connectivity index (χ0n) is 17.3. The highest BCUT2D eigenvalue weighted by Crippen LogP contribution is 2.20. The van der Waals surface area contributed by atoms with E-state index in [-0.39, 0.29) is 30.2 Å². The molecule has 0 bridgehead atoms. The van der Waals surface area contributed by atoms with Gasteiger partial charge >= 0.3 is 0 Å². The van der Waals surface area contributed by atoms with Crippen LogP contribution in [0.4, 0.5) is 0 Å². The molecule has 1 unspecified atom stereocenters. The van der Waals surface area contributed by atoms with Crippen LogP contribution in [0.2, 0.25) is 0 Å². The Labute approximate surface area is 172 Å². The van der Waals surface area contributed by atoms with Crippen LogP contribution in [-0.4, -0.2) is 54.4 Å². The van der Waals surface area contributed by atoms with Crippen molar-refractivity contribution >= 4 is 17.7 Å². The number of nitrogens with zero attached hydrogens (tertiary/aromatic N) is 1. The molecule has 158 valence electrons. The summed E-state index contributed by atoms with van der Waals surface area (Å²) in [6, 6.07) is 7.47. The molecule has 3 rings (SSSR count). The Morgan fingerprint density at radius 2 is 1.93 bits per heavy atom. The Morgan fingerprint density at radius 3 is 2.52 bits per heavy atom. The molecule has 1 aliphatic heterocycles. The number of amides is 3. The van der Waals surface area contributed by atoms with Gasteiger partial charge in [-0.3, -0.25) is 14.4 Å². The molecule has 2 aliphatic rings. The Morgan fingerprint density at radius 1 is 1.21 bits per heavy atom. The lowest BCUT2D eigenvalue weighted by Gasteiger charge is -2.29. The van der Waals surface area contributed by atoms with E-state index in [9.17, 15) is 14.4 Å². The number of hydrogen-bond acceptors (Lipinski definition) is 4. The van der Waals surface area contributed by atoms with Crippen molar-refractivity contribution < 1.29 is 19.1 Å². The molecule has 7 heteroatoms. The summed E-state index contributed by atoms with van der Waals surface area (Å²) in [4.78, 5) is 38.0. The van der Waals surface area contributed by atoms with Crippen molar-refractivity contribution in [3.8, 4) is 5.75 Å². The molecule has 0 radical (unpaired) electrons. The van der Waals surface area contributed by atoms with E-state index in [1.54, 1.807) is 4.90 Å². The number of carbonyl (C=O) groups excluding carboxylic acids is 3. The molecule has 3 amide bonds. The first-order valence-electron chi connectivity index (χ1n) is 10.5. The topological polar surface area (TPSA) is 87.7 Å². The van der Waals surface area contributed by atoms with Crippen LogP contribution in [0.5, 0.6) is 5.75 Å². The van der Waals surface area contributed by atoms with Gasteiger partial charge in [-0.05, 0) is 49.3 Å². The van der Waals surface area contributed by atoms with Gasteiger partial charge in [-0.15, -0.1) is 0 Å². The van der Waals surface area contributed by atoms with Crippen LogP contribution in [0.15, 0.2) is 24.3 Å². The minimum atomic E-state index is -0.400. The minimum absolute atomic E-state index is 0.0255. The molecule has 2 N–H and O–H groups in total. The molecule has 1 aromatic rings. The van der Waals surface area contributed by atoms with E-state index < -0.39 is 6.04 Å². The van der Waals surface area contributed by atoms with Gasteiger partial charge in [-0.25, -0.2) is 0 Å². The fourth-order valence-corrected chi connectivity index (χ4v) is 3.60. The molecule has 1 atom stereocenters. The first kappa shape index (κ1) is 21.1. The highest BCUT2D eigenvalue weighted by atomic mass is 16.5. The number of likely N-dealkylation sites (tertiary alicyclic amines) is 1. The Kier molecular flexibility index (Phi) is 7.12. The van der Waals surface area contributed by atoms with Crippen molar-refractivity contribution in [3.05, 3.63) is 29.8 Å². The van der Waals surface area contributed by atoms with Gasteiger partial charge in [0.05, 0.1) is 0 Å². The van der Waals surface area contributed by atoms with Gasteiger partial charge < -0.3 is 20.3 Å². The van der Waals surface area contributed by atoms with Crippen LogP contribution < -0.4 is 15.4 Å². The molecule has 2 fully saturated rings. The summed E-state index contributed by atoms with van der Waals surface area (Å²) in [5.41, 5.74) is 1.07. The van der Waals surface area contributed by atoms with E-state index in [4.69, 9.17) is 4.74 Å². The molecule has 1 aliphatic carbocycles. The van der Waals surface area contributed by atoms with Gasteiger partial charge in [0.1, 0.15) is 11.8 Å². The van der Waals surface area contributed by atoms with Crippen molar-refractivity contribution in [2.45, 2.75) is 58.0 Å². The van der Waals surface area contributed by atoms with Crippen molar-refractivity contribution in [2.75, 3.05) is 19.7 Å². The van der Waals surface area contributed by atoms with Gasteiger partial charge in [0.15, 0.2) is 6.61 Å². The van der Waals surface area contributed by atoms with E-state index >= 15 is 0 Å². The molecule has 1 saturated carbocycles. The lowest BCUT2D eigenvalue weighted by molar-refractivity contribution is -0.139. The van der Waals surface area contributed by atoms with Crippen LogP contribution >= 0.6 is 0 Å². The summed E-state index contributed by atoms with van der Waals surface area (Å²) in [5, 5.41) is 5.86. The lowest BCUT2D eigenvalue weighted by atomic mass is 10.0. The lowest BCUT2D eigenvalue weighted by Crippen LogP contribution is -2.50. The monoisotopic (exact) mass is 401 g/mol. The van der Waals surface area contributed by atoms with Crippen LogP contribution in [0.25, 0.3) is 0 Å². The average Bonchev–Trinajstić information content (AvgIpc) is 3.40. The standard InChI is InChI=1S/C22H31N3O4/c1-15(2)21(25-13-3-4-20(25)27)22(28)23-12-11-16-5-9-18(10-6-16)29-14-19(26)24-17-7-8-17/h5-6,9-10,15,17,21H,3-4,7-8,11-14H2,1-2H3,(H,23,28)(H,24,26). The fraction of sp³-hybridized carbons (Fsp3) is 0.591. The maximum atomic E-state index is 12.6. The Hall–Kier alpha value is -2.57. The third kappa shape index (κ3) is 6.21. The summed E-state index contributed by atoms with van der Waals surface area (Å²) >= 11 is 0. The normalized spacial score (nSPS) is 17.3. The van der Waals surface area contributed by atoms with Crippen molar-refractivity contribution in [2.24, 2.45) is 5.92 Å². The summed E-state index contributed by atoms with van der Waals surface area (Å²) in [6.07, 6.45) is 4.17. The molecule has 1 heterocycles. The maximum Gasteiger partial charge on any atom is 0.258 e. The van der Waals surface area contributed by atoms with Crippen LogP contribution in [0.1, 0.15) is 45.1 Å². The second-order valence-electron chi connectivity index (χ2n) is 8.19. The first-order chi connectivity index (χ1) is 13.9. The number of hydrogen-bond donors (Lipinski definition) is 2. The average molecular weight is 402 g/mol. The predicted octanol–water partition coefficient (Wildman–Crippen LogP) is 1.65. The zero-order valence-corrected chi connectivity index (χ0v) is 17.3. The second-order valence-corrected chi connectivity index (χ2v) is 8.19. The number of carbonyl (C=O) groups is 3. The summed E-state index contributed by atoms with van der Waals surface area (Å²) in [7, 11) is 0. The molecule has 7 nitrogen and oxygen atoms in total. The van der Waals surface area contributed by atoms with E-state index in [1.165, 1.54) is 0 Å². The van der Waals surface area contributed by atoms with Crippen LogP contribution in [-0.2, 0) is 20.8 Å². The highest BCUT2D eigenvalue weighted by Gasteiger charge is 2.34. The van der Waals surface area contributed by atoms with E-state index in [0.717, 1.165) is 24.8 Å². The fourth-order valence-electron chi connectivity index (χ4n) is 3.60. The third-order valence-electron chi connectivity index (χ3n) is 5.29. The van der Waals surface area contributed by atoms with Gasteiger partial charge in [0.2, 0.25) is 11.8 Å². The van der Waals surface area contributed by atoms with Crippen molar-refractivity contribution in [1.82, 2.24) is 15.5 Å². The minimum Gasteiger partial charge on any atom is -0.484 e. The van der Waals surface area contributed by atoms with Gasteiger partial charge in [-0.1, -0.05) is 26.0 Å². The molecular weight excluding hydrogens is 370 g/mol. The molecule has 1 saturated heterocycles. The molecule has 29 heavy (non-hydrogen) atoms. The Bertz CT molecular complexity index is 728. The summed E-state index contributed by atoms with van der Waals surface area (Å²) in [6.45, 7) is 5.14. The van der Waals surface area contributed by atoms with Crippen LogP contribution in [0, 0.1) is 5.92 Å². The van der Waals surface area contributed by atoms with E-state index in [2.05, 4.69) is 10.6 Å². The largest absolute Gasteiger partial charge is 0.484 e. The molecule has 0 spiro atoms. The number of benzene rings is 1. The van der Waals surface area contributed by atoms with Crippen molar-refractivity contribution in [3.63, 3.8) is 0 Å². The van der Waals surface area contributed by atoms with E-state index in [1.807, 2.05) is 38.1 Å². The van der Waals surface area contributed by atoms with Gasteiger partial charge in [-0.2, -0.15) is 0 Å². The van der Waals surface area contributed by atoms with Crippen LogP contribution in [0.3, 0.4) is 0 Å². The van der Waals surface area contributed by atoms with Crippen molar-refractivity contribution in [1.29, 1.82) is 0 Å². The quantitative estimate of drug-likeness (QED) is 0.624. The predicted molar refractivity (Wildman–Crippen MR) is 109 cm³/mol. The zero-order chi connectivity index (χ0) is 20.8. The second kappa shape index (κ2) is 9.76. The highest BCUT2D eigenvalue weighted by molar-refractivity contribution is 5.88.